The number of rotatable bonds is 5. The first kappa shape index (κ1) is 13.0. The summed E-state index contributed by atoms with van der Waals surface area (Å²) in [6.07, 6.45) is 1.70. The molecular weight excluding hydrogens is 242 g/mol. The summed E-state index contributed by atoms with van der Waals surface area (Å²) in [5.74, 6) is 2.19. The summed E-state index contributed by atoms with van der Waals surface area (Å²) >= 11 is 0. The molecule has 1 aromatic heterocycles. The molecule has 0 bridgehead atoms. The van der Waals surface area contributed by atoms with Gasteiger partial charge in [-0.1, -0.05) is 0 Å². The maximum absolute atomic E-state index is 5.82. The topological polar surface area (TPSA) is 69.4 Å². The van der Waals surface area contributed by atoms with Gasteiger partial charge >= 0.3 is 0 Å². The Morgan fingerprint density at radius 3 is 2.74 bits per heavy atom. The highest BCUT2D eigenvalue weighted by atomic mass is 16.5. The number of hydrogen-bond donors (Lipinski definition) is 2. The molecule has 2 rings (SSSR count). The van der Waals surface area contributed by atoms with Crippen molar-refractivity contribution in [3.8, 4) is 11.5 Å². The number of nitrogens with one attached hydrogen (secondary N) is 1. The number of benzene rings is 1. The molecule has 1 aromatic carbocycles. The van der Waals surface area contributed by atoms with E-state index in [-0.39, 0.29) is 0 Å². The third-order valence-corrected chi connectivity index (χ3v) is 2.78. The van der Waals surface area contributed by atoms with Crippen LogP contribution in [0.25, 0.3) is 0 Å². The molecule has 19 heavy (non-hydrogen) atoms. The summed E-state index contributed by atoms with van der Waals surface area (Å²) in [7, 11) is 3.26. The van der Waals surface area contributed by atoms with Gasteiger partial charge in [0.25, 0.3) is 0 Å². The van der Waals surface area contributed by atoms with Crippen LogP contribution in [0.15, 0.2) is 36.5 Å². The van der Waals surface area contributed by atoms with Crippen molar-refractivity contribution in [2.45, 2.75) is 6.54 Å². The van der Waals surface area contributed by atoms with Crippen molar-refractivity contribution in [3.63, 3.8) is 0 Å². The molecule has 1 heterocycles. The molecule has 2 aromatic rings. The second-order valence-corrected chi connectivity index (χ2v) is 3.97. The summed E-state index contributed by atoms with van der Waals surface area (Å²) < 4.78 is 10.5. The molecule has 5 heteroatoms. The van der Waals surface area contributed by atoms with E-state index in [0.717, 1.165) is 17.1 Å². The van der Waals surface area contributed by atoms with E-state index in [1.54, 1.807) is 32.5 Å². The van der Waals surface area contributed by atoms with Gasteiger partial charge in [0.2, 0.25) is 0 Å². The lowest BCUT2D eigenvalue weighted by atomic mass is 10.2. The number of hydrogen-bond acceptors (Lipinski definition) is 5. The van der Waals surface area contributed by atoms with Crippen LogP contribution in [-0.2, 0) is 6.54 Å². The monoisotopic (exact) mass is 259 g/mol. The maximum Gasteiger partial charge on any atom is 0.149 e. The van der Waals surface area contributed by atoms with Gasteiger partial charge in [-0.3, -0.25) is 0 Å². The first-order chi connectivity index (χ1) is 9.24. The van der Waals surface area contributed by atoms with Crippen LogP contribution in [0.4, 0.5) is 11.5 Å². The molecule has 0 aliphatic heterocycles. The molecular formula is C14H17N3O2. The van der Waals surface area contributed by atoms with Crippen LogP contribution >= 0.6 is 0 Å². The second-order valence-electron chi connectivity index (χ2n) is 3.97. The fraction of sp³-hybridized carbons (Fsp3) is 0.214. The lowest BCUT2D eigenvalue weighted by Crippen LogP contribution is -2.05. The molecule has 100 valence electrons. The Bertz CT molecular complexity index is 558. The molecule has 0 amide bonds. The second kappa shape index (κ2) is 5.95. The third kappa shape index (κ3) is 3.07. The Hall–Kier alpha value is -2.43. The van der Waals surface area contributed by atoms with E-state index in [2.05, 4.69) is 10.3 Å². The SMILES string of the molecule is COc1ccc(CNc2ncccc2N)c(OC)c1. The van der Waals surface area contributed by atoms with Crippen LogP contribution in [0.2, 0.25) is 0 Å². The van der Waals surface area contributed by atoms with Crippen LogP contribution in [-0.4, -0.2) is 19.2 Å². The van der Waals surface area contributed by atoms with Gasteiger partial charge in [-0.25, -0.2) is 4.98 Å². The van der Waals surface area contributed by atoms with Gasteiger partial charge in [0.05, 0.1) is 19.9 Å². The molecule has 0 spiro atoms. The van der Waals surface area contributed by atoms with Crippen LogP contribution in [0.1, 0.15) is 5.56 Å². The summed E-state index contributed by atoms with van der Waals surface area (Å²) in [5.41, 5.74) is 7.45. The largest absolute Gasteiger partial charge is 0.497 e. The molecule has 0 atom stereocenters. The highest BCUT2D eigenvalue weighted by Crippen LogP contribution is 2.25. The van der Waals surface area contributed by atoms with Crippen molar-refractivity contribution in [1.82, 2.24) is 4.98 Å². The predicted octanol–water partition coefficient (Wildman–Crippen LogP) is 2.29. The van der Waals surface area contributed by atoms with Gasteiger partial charge in [-0.05, 0) is 24.3 Å². The number of nitrogens with two attached hydrogens (primary N) is 1. The zero-order valence-corrected chi connectivity index (χ0v) is 11.0. The number of anilines is 2. The van der Waals surface area contributed by atoms with E-state index >= 15 is 0 Å². The summed E-state index contributed by atoms with van der Waals surface area (Å²) in [5, 5.41) is 3.18. The summed E-state index contributed by atoms with van der Waals surface area (Å²) in [6, 6.07) is 9.29. The van der Waals surface area contributed by atoms with Gasteiger partial charge in [-0.15, -0.1) is 0 Å². The van der Waals surface area contributed by atoms with E-state index < -0.39 is 0 Å². The molecule has 0 aliphatic rings. The lowest BCUT2D eigenvalue weighted by Gasteiger charge is -2.12. The molecule has 0 radical (unpaired) electrons. The van der Waals surface area contributed by atoms with Gasteiger partial charge < -0.3 is 20.5 Å². The van der Waals surface area contributed by atoms with Crippen molar-refractivity contribution in [2.24, 2.45) is 0 Å². The average molecular weight is 259 g/mol. The van der Waals surface area contributed by atoms with Crippen LogP contribution in [0, 0.1) is 0 Å². The first-order valence-corrected chi connectivity index (χ1v) is 5.90. The van der Waals surface area contributed by atoms with Crippen molar-refractivity contribution < 1.29 is 9.47 Å². The Kier molecular flexibility index (Phi) is 4.07. The van der Waals surface area contributed by atoms with E-state index in [1.165, 1.54) is 0 Å². The number of aromatic nitrogens is 1. The third-order valence-electron chi connectivity index (χ3n) is 2.78. The quantitative estimate of drug-likeness (QED) is 0.862. The van der Waals surface area contributed by atoms with E-state index in [4.69, 9.17) is 15.2 Å². The minimum Gasteiger partial charge on any atom is -0.497 e. The van der Waals surface area contributed by atoms with Gasteiger partial charge in [-0.2, -0.15) is 0 Å². The molecule has 0 saturated heterocycles. The van der Waals surface area contributed by atoms with Gasteiger partial charge in [0.15, 0.2) is 0 Å². The molecule has 0 fully saturated rings. The Morgan fingerprint density at radius 1 is 1.21 bits per heavy atom. The number of nitrogens with zero attached hydrogens (tertiary/aromatic N) is 1. The highest BCUT2D eigenvalue weighted by molar-refractivity contribution is 5.60. The first-order valence-electron chi connectivity index (χ1n) is 5.90. The minimum atomic E-state index is 0.578. The Balaban J connectivity index is 2.13. The van der Waals surface area contributed by atoms with E-state index in [1.807, 2.05) is 18.2 Å². The normalized spacial score (nSPS) is 10.0. The van der Waals surface area contributed by atoms with E-state index in [0.29, 0.717) is 18.1 Å². The number of nitrogen functional groups attached to an aromatic ring is 1. The summed E-state index contributed by atoms with van der Waals surface area (Å²) in [6.45, 7) is 0.578. The van der Waals surface area contributed by atoms with Crippen molar-refractivity contribution in [3.05, 3.63) is 42.1 Å². The van der Waals surface area contributed by atoms with Crippen LogP contribution in [0.5, 0.6) is 11.5 Å². The van der Waals surface area contributed by atoms with Gasteiger partial charge in [0, 0.05) is 24.4 Å². The fourth-order valence-electron chi connectivity index (χ4n) is 1.74. The molecule has 3 N–H and O–H groups in total. The van der Waals surface area contributed by atoms with Crippen molar-refractivity contribution in [2.75, 3.05) is 25.3 Å². The smallest absolute Gasteiger partial charge is 0.149 e. The number of methoxy groups -OCH3 is 2. The zero-order chi connectivity index (χ0) is 13.7. The molecule has 0 aliphatic carbocycles. The number of pyridine rings is 1. The molecule has 0 unspecified atom stereocenters. The highest BCUT2D eigenvalue weighted by Gasteiger charge is 2.06. The summed E-state index contributed by atoms with van der Waals surface area (Å²) in [4.78, 5) is 4.18. The maximum atomic E-state index is 5.82. The molecule has 0 saturated carbocycles. The van der Waals surface area contributed by atoms with Crippen molar-refractivity contribution >= 4 is 11.5 Å². The standard InChI is InChI=1S/C14H17N3O2/c1-18-11-6-5-10(13(8-11)19-2)9-17-14-12(15)4-3-7-16-14/h3-8H,9,15H2,1-2H3,(H,16,17). The minimum absolute atomic E-state index is 0.578. The number of ether oxygens (including phenoxy) is 2. The average Bonchev–Trinajstić information content (AvgIpc) is 2.46. The zero-order valence-electron chi connectivity index (χ0n) is 11.0. The van der Waals surface area contributed by atoms with Crippen LogP contribution < -0.4 is 20.5 Å². The Morgan fingerprint density at radius 2 is 2.05 bits per heavy atom. The van der Waals surface area contributed by atoms with Crippen molar-refractivity contribution in [1.29, 1.82) is 0 Å². The Labute approximate surface area is 112 Å². The van der Waals surface area contributed by atoms with E-state index in [9.17, 15) is 0 Å². The van der Waals surface area contributed by atoms with Crippen LogP contribution in [0.3, 0.4) is 0 Å². The lowest BCUT2D eigenvalue weighted by molar-refractivity contribution is 0.391. The molecule has 5 nitrogen and oxygen atoms in total. The predicted molar refractivity (Wildman–Crippen MR) is 75.5 cm³/mol. The van der Waals surface area contributed by atoms with Gasteiger partial charge in [0.1, 0.15) is 17.3 Å². The fourth-order valence-corrected chi connectivity index (χ4v) is 1.74.